The quantitative estimate of drug-likeness (QED) is 0.890. The third kappa shape index (κ3) is 5.30. The summed E-state index contributed by atoms with van der Waals surface area (Å²) >= 11 is 3.28. The number of carboxylic acid groups (broad SMARTS) is 1. The summed E-state index contributed by atoms with van der Waals surface area (Å²) in [5.41, 5.74) is 0.310. The van der Waals surface area contributed by atoms with E-state index in [9.17, 15) is 9.59 Å². The number of amides is 1. The number of carbonyl (C=O) groups excluding carboxylic acids is 1. The summed E-state index contributed by atoms with van der Waals surface area (Å²) in [5.74, 6) is -0.967. The van der Waals surface area contributed by atoms with Crippen molar-refractivity contribution in [3.63, 3.8) is 0 Å². The summed E-state index contributed by atoms with van der Waals surface area (Å²) < 4.78 is 5.75. The van der Waals surface area contributed by atoms with Gasteiger partial charge in [0.2, 0.25) is 0 Å². The van der Waals surface area contributed by atoms with E-state index in [4.69, 9.17) is 9.84 Å². The Morgan fingerprint density at radius 2 is 2.00 bits per heavy atom. The van der Waals surface area contributed by atoms with Gasteiger partial charge in [0.1, 0.15) is 5.60 Å². The first-order chi connectivity index (χ1) is 8.69. The summed E-state index contributed by atoms with van der Waals surface area (Å²) in [7, 11) is 0. The highest BCUT2D eigenvalue weighted by Crippen LogP contribution is 2.27. The first-order valence-electron chi connectivity index (χ1n) is 5.68. The number of benzene rings is 1. The number of ether oxygens (including phenoxy) is 1. The molecule has 0 saturated heterocycles. The fourth-order valence-corrected chi connectivity index (χ4v) is 1.93. The predicted molar refractivity (Wildman–Crippen MR) is 75.3 cm³/mol. The van der Waals surface area contributed by atoms with Crippen molar-refractivity contribution < 1.29 is 19.4 Å². The fourth-order valence-electron chi connectivity index (χ4n) is 1.42. The largest absolute Gasteiger partial charge is 0.481 e. The molecule has 1 amide bonds. The van der Waals surface area contributed by atoms with Crippen molar-refractivity contribution in [2.45, 2.75) is 32.8 Å². The number of carbonyl (C=O) groups is 2. The van der Waals surface area contributed by atoms with E-state index < -0.39 is 17.7 Å². The smallest absolute Gasteiger partial charge is 0.412 e. The highest BCUT2D eigenvalue weighted by atomic mass is 79.9. The molecule has 0 radical (unpaired) electrons. The Morgan fingerprint density at radius 1 is 1.37 bits per heavy atom. The Labute approximate surface area is 120 Å². The van der Waals surface area contributed by atoms with Crippen LogP contribution in [0, 0.1) is 0 Å². The number of anilines is 1. The summed E-state index contributed by atoms with van der Waals surface area (Å²) in [5, 5.41) is 11.4. The predicted octanol–water partition coefficient (Wildman–Crippen LogP) is 3.42. The van der Waals surface area contributed by atoms with Crippen LogP contribution in [-0.4, -0.2) is 22.8 Å². The zero-order valence-electron chi connectivity index (χ0n) is 11.0. The first-order valence-corrected chi connectivity index (χ1v) is 6.47. The Bertz CT molecular complexity index is 494. The zero-order chi connectivity index (χ0) is 14.6. The van der Waals surface area contributed by atoms with Gasteiger partial charge in [0, 0.05) is 4.47 Å². The molecule has 0 aliphatic rings. The second-order valence-corrected chi connectivity index (χ2v) is 5.83. The van der Waals surface area contributed by atoms with Crippen molar-refractivity contribution in [1.82, 2.24) is 0 Å². The van der Waals surface area contributed by atoms with Crippen molar-refractivity contribution in [2.75, 3.05) is 5.32 Å². The molecule has 1 aromatic rings. The van der Waals surface area contributed by atoms with Crippen LogP contribution in [0.1, 0.15) is 26.3 Å². The molecule has 19 heavy (non-hydrogen) atoms. The molecule has 2 N–H and O–H groups in total. The monoisotopic (exact) mass is 329 g/mol. The van der Waals surface area contributed by atoms with Gasteiger partial charge in [-0.2, -0.15) is 0 Å². The van der Waals surface area contributed by atoms with Crippen molar-refractivity contribution >= 4 is 33.7 Å². The Hall–Kier alpha value is -1.56. The SMILES string of the molecule is CC(C)(C)OC(=O)Nc1c(Br)cccc1CC(=O)O. The third-order valence-corrected chi connectivity index (χ3v) is 2.73. The molecular formula is C13H16BrNO4. The molecule has 0 aliphatic heterocycles. The average Bonchev–Trinajstić information content (AvgIpc) is 2.19. The maximum Gasteiger partial charge on any atom is 0.412 e. The van der Waals surface area contributed by atoms with Crippen molar-refractivity contribution in [1.29, 1.82) is 0 Å². The number of para-hydroxylation sites is 1. The van der Waals surface area contributed by atoms with Gasteiger partial charge in [0.25, 0.3) is 0 Å². The van der Waals surface area contributed by atoms with Crippen LogP contribution in [0.4, 0.5) is 10.5 Å². The molecular weight excluding hydrogens is 314 g/mol. The van der Waals surface area contributed by atoms with E-state index in [2.05, 4.69) is 21.2 Å². The zero-order valence-corrected chi connectivity index (χ0v) is 12.6. The van der Waals surface area contributed by atoms with E-state index in [1.807, 2.05) is 0 Å². The molecule has 0 bridgehead atoms. The van der Waals surface area contributed by atoms with Crippen molar-refractivity contribution in [2.24, 2.45) is 0 Å². The molecule has 0 aromatic heterocycles. The van der Waals surface area contributed by atoms with Crippen LogP contribution in [-0.2, 0) is 16.0 Å². The van der Waals surface area contributed by atoms with E-state index in [1.165, 1.54) is 0 Å². The van der Waals surface area contributed by atoms with E-state index >= 15 is 0 Å². The van der Waals surface area contributed by atoms with Crippen LogP contribution in [0.3, 0.4) is 0 Å². The molecule has 104 valence electrons. The number of rotatable bonds is 3. The molecule has 0 atom stereocenters. The Kier molecular flexibility index (Phi) is 4.94. The van der Waals surface area contributed by atoms with Crippen LogP contribution in [0.25, 0.3) is 0 Å². The van der Waals surface area contributed by atoms with E-state index in [-0.39, 0.29) is 6.42 Å². The lowest BCUT2D eigenvalue weighted by atomic mass is 10.1. The highest BCUT2D eigenvalue weighted by molar-refractivity contribution is 9.10. The van der Waals surface area contributed by atoms with Gasteiger partial charge >= 0.3 is 12.1 Å². The molecule has 6 heteroatoms. The van der Waals surface area contributed by atoms with Gasteiger partial charge in [-0.25, -0.2) is 4.79 Å². The second kappa shape index (κ2) is 6.06. The van der Waals surface area contributed by atoms with Crippen LogP contribution < -0.4 is 5.32 Å². The molecule has 0 fully saturated rings. The van der Waals surface area contributed by atoms with Crippen molar-refractivity contribution in [3.8, 4) is 0 Å². The maximum absolute atomic E-state index is 11.7. The Morgan fingerprint density at radius 3 is 2.53 bits per heavy atom. The third-order valence-electron chi connectivity index (χ3n) is 2.07. The molecule has 0 unspecified atom stereocenters. The molecule has 1 rings (SSSR count). The number of carboxylic acids is 1. The first kappa shape index (κ1) is 15.5. The molecule has 0 spiro atoms. The van der Waals surface area contributed by atoms with Gasteiger partial charge in [-0.3, -0.25) is 10.1 Å². The van der Waals surface area contributed by atoms with E-state index in [0.717, 1.165) is 0 Å². The van der Waals surface area contributed by atoms with Crippen molar-refractivity contribution in [3.05, 3.63) is 28.2 Å². The normalized spacial score (nSPS) is 10.9. The lowest BCUT2D eigenvalue weighted by Crippen LogP contribution is -2.27. The van der Waals surface area contributed by atoms with Gasteiger partial charge in [0.15, 0.2) is 0 Å². The van der Waals surface area contributed by atoms with E-state index in [0.29, 0.717) is 15.7 Å². The minimum Gasteiger partial charge on any atom is -0.481 e. The lowest BCUT2D eigenvalue weighted by molar-refractivity contribution is -0.136. The number of halogens is 1. The van der Waals surface area contributed by atoms with E-state index in [1.54, 1.807) is 39.0 Å². The number of hydrogen-bond acceptors (Lipinski definition) is 3. The molecule has 0 aliphatic carbocycles. The summed E-state index contributed by atoms with van der Waals surface area (Å²) in [6.07, 6.45) is -0.795. The standard InChI is InChI=1S/C13H16BrNO4/c1-13(2,3)19-12(18)15-11-8(7-10(16)17)5-4-6-9(11)14/h4-6H,7H2,1-3H3,(H,15,18)(H,16,17). The summed E-state index contributed by atoms with van der Waals surface area (Å²) in [6, 6.07) is 5.08. The van der Waals surface area contributed by atoms with Gasteiger partial charge < -0.3 is 9.84 Å². The summed E-state index contributed by atoms with van der Waals surface area (Å²) in [6.45, 7) is 5.26. The molecule has 0 heterocycles. The second-order valence-electron chi connectivity index (χ2n) is 4.97. The average molecular weight is 330 g/mol. The van der Waals surface area contributed by atoms with Crippen LogP contribution in [0.2, 0.25) is 0 Å². The fraction of sp³-hybridized carbons (Fsp3) is 0.385. The Balaban J connectivity index is 2.93. The highest BCUT2D eigenvalue weighted by Gasteiger charge is 2.18. The molecule has 0 saturated carbocycles. The van der Waals surface area contributed by atoms with Crippen LogP contribution in [0.5, 0.6) is 0 Å². The van der Waals surface area contributed by atoms with Crippen LogP contribution in [0.15, 0.2) is 22.7 Å². The summed E-state index contributed by atoms with van der Waals surface area (Å²) in [4.78, 5) is 22.5. The van der Waals surface area contributed by atoms with Gasteiger partial charge in [-0.1, -0.05) is 12.1 Å². The van der Waals surface area contributed by atoms with Gasteiger partial charge in [-0.15, -0.1) is 0 Å². The minimum atomic E-state index is -0.967. The molecule has 1 aromatic carbocycles. The number of aliphatic carboxylic acids is 1. The maximum atomic E-state index is 11.7. The number of hydrogen-bond donors (Lipinski definition) is 2. The number of nitrogens with one attached hydrogen (secondary N) is 1. The van der Waals surface area contributed by atoms with Gasteiger partial charge in [-0.05, 0) is 48.3 Å². The van der Waals surface area contributed by atoms with Crippen LogP contribution >= 0.6 is 15.9 Å². The molecule has 5 nitrogen and oxygen atoms in total. The topological polar surface area (TPSA) is 75.6 Å². The minimum absolute atomic E-state index is 0.176. The van der Waals surface area contributed by atoms with Gasteiger partial charge in [0.05, 0.1) is 12.1 Å². The lowest BCUT2D eigenvalue weighted by Gasteiger charge is -2.20.